The molecule has 0 aliphatic rings. The van der Waals surface area contributed by atoms with E-state index in [0.29, 0.717) is 6.42 Å². The molecule has 0 bridgehead atoms. The van der Waals surface area contributed by atoms with Crippen LogP contribution in [-0.4, -0.2) is 69.9 Å². The standard InChI is InChI=1S/C18H34N4O6S/c1-6-9(4)14(17(26)21-13(8(2)3)18(27)28)22-15(24)11(7-29)20-16(25)12(19)10(5)23/h8-14,23,29H,6-7,19H2,1-5H3,(H,20,25)(H,21,26)(H,22,24)(H,27,28). The van der Waals surface area contributed by atoms with Crippen LogP contribution in [0.1, 0.15) is 41.0 Å². The number of aliphatic hydroxyl groups excluding tert-OH is 1. The molecule has 29 heavy (non-hydrogen) atoms. The Labute approximate surface area is 176 Å². The molecule has 0 rings (SSSR count). The van der Waals surface area contributed by atoms with E-state index in [1.165, 1.54) is 6.92 Å². The number of nitrogens with one attached hydrogen (secondary N) is 3. The van der Waals surface area contributed by atoms with Gasteiger partial charge >= 0.3 is 5.97 Å². The number of aliphatic hydroxyl groups is 1. The van der Waals surface area contributed by atoms with E-state index in [1.54, 1.807) is 20.8 Å². The quantitative estimate of drug-likeness (QED) is 0.190. The Balaban J connectivity index is 5.34. The maximum atomic E-state index is 12.7. The van der Waals surface area contributed by atoms with Gasteiger partial charge in [-0.2, -0.15) is 12.6 Å². The van der Waals surface area contributed by atoms with Crippen LogP contribution in [0.5, 0.6) is 0 Å². The number of carboxylic acid groups (broad SMARTS) is 1. The number of aliphatic carboxylic acids is 1. The summed E-state index contributed by atoms with van der Waals surface area (Å²) in [5.74, 6) is -3.91. The normalized spacial score (nSPS) is 17.4. The van der Waals surface area contributed by atoms with Crippen molar-refractivity contribution < 1.29 is 29.4 Å². The van der Waals surface area contributed by atoms with Gasteiger partial charge in [0.15, 0.2) is 0 Å². The van der Waals surface area contributed by atoms with Crippen molar-refractivity contribution in [3.63, 3.8) is 0 Å². The van der Waals surface area contributed by atoms with Crippen molar-refractivity contribution in [3.8, 4) is 0 Å². The Morgan fingerprint density at radius 1 is 0.931 bits per heavy atom. The van der Waals surface area contributed by atoms with Gasteiger partial charge in [0, 0.05) is 5.75 Å². The molecule has 0 spiro atoms. The zero-order chi connectivity index (χ0) is 22.9. The van der Waals surface area contributed by atoms with Crippen LogP contribution in [0.15, 0.2) is 0 Å². The van der Waals surface area contributed by atoms with Crippen molar-refractivity contribution >= 4 is 36.3 Å². The zero-order valence-corrected chi connectivity index (χ0v) is 18.4. The number of rotatable bonds is 12. The lowest BCUT2D eigenvalue weighted by Gasteiger charge is -2.28. The van der Waals surface area contributed by atoms with Crippen LogP contribution >= 0.6 is 12.6 Å². The first-order chi connectivity index (χ1) is 13.4. The molecular formula is C18H34N4O6S. The molecule has 0 radical (unpaired) electrons. The summed E-state index contributed by atoms with van der Waals surface area (Å²) in [5, 5.41) is 26.1. The van der Waals surface area contributed by atoms with Crippen LogP contribution in [0, 0.1) is 11.8 Å². The summed E-state index contributed by atoms with van der Waals surface area (Å²) in [4.78, 5) is 48.7. The van der Waals surface area contributed by atoms with Crippen molar-refractivity contribution in [2.45, 2.75) is 71.3 Å². The van der Waals surface area contributed by atoms with Crippen molar-refractivity contribution in [2.24, 2.45) is 17.6 Å². The minimum Gasteiger partial charge on any atom is -0.480 e. The van der Waals surface area contributed by atoms with Crippen LogP contribution in [0.3, 0.4) is 0 Å². The van der Waals surface area contributed by atoms with Gasteiger partial charge in [-0.3, -0.25) is 14.4 Å². The third-order valence-corrected chi connectivity index (χ3v) is 5.03. The molecule has 0 saturated heterocycles. The van der Waals surface area contributed by atoms with Gasteiger partial charge in [-0.15, -0.1) is 0 Å². The average Bonchev–Trinajstić information content (AvgIpc) is 2.65. The summed E-state index contributed by atoms with van der Waals surface area (Å²) < 4.78 is 0. The van der Waals surface area contributed by atoms with E-state index in [0.717, 1.165) is 0 Å². The number of carbonyl (C=O) groups is 4. The molecule has 11 heteroatoms. The van der Waals surface area contributed by atoms with Gasteiger partial charge in [-0.1, -0.05) is 34.1 Å². The second-order valence-electron chi connectivity index (χ2n) is 7.45. The SMILES string of the molecule is CCC(C)C(NC(=O)C(CS)NC(=O)C(N)C(C)O)C(=O)NC(C(=O)O)C(C)C. The summed E-state index contributed by atoms with van der Waals surface area (Å²) in [7, 11) is 0. The Bertz CT molecular complexity index is 587. The number of amides is 3. The molecule has 10 nitrogen and oxygen atoms in total. The van der Waals surface area contributed by atoms with Crippen molar-refractivity contribution in [1.29, 1.82) is 0 Å². The van der Waals surface area contributed by atoms with Gasteiger partial charge in [0.05, 0.1) is 6.10 Å². The summed E-state index contributed by atoms with van der Waals surface area (Å²) in [6.07, 6.45) is -0.566. The highest BCUT2D eigenvalue weighted by Gasteiger charge is 2.33. The first-order valence-electron chi connectivity index (χ1n) is 9.55. The zero-order valence-electron chi connectivity index (χ0n) is 17.5. The van der Waals surface area contributed by atoms with Gasteiger partial charge in [-0.25, -0.2) is 4.79 Å². The molecule has 0 aromatic rings. The molecule has 3 amide bonds. The Hall–Kier alpha value is -1.85. The Morgan fingerprint density at radius 2 is 1.45 bits per heavy atom. The van der Waals surface area contributed by atoms with Crippen molar-refractivity contribution in [1.82, 2.24) is 16.0 Å². The second-order valence-corrected chi connectivity index (χ2v) is 7.82. The predicted octanol–water partition coefficient (Wildman–Crippen LogP) is -1.13. The van der Waals surface area contributed by atoms with Crippen molar-refractivity contribution in [2.75, 3.05) is 5.75 Å². The van der Waals surface area contributed by atoms with Gasteiger partial charge in [0.1, 0.15) is 24.2 Å². The molecule has 7 N–H and O–H groups in total. The highest BCUT2D eigenvalue weighted by molar-refractivity contribution is 7.80. The molecule has 0 fully saturated rings. The number of carboxylic acids is 1. The molecule has 0 aliphatic carbocycles. The number of hydrogen-bond acceptors (Lipinski definition) is 7. The van der Waals surface area contributed by atoms with E-state index in [1.807, 2.05) is 6.92 Å². The minimum atomic E-state index is -1.22. The van der Waals surface area contributed by atoms with Crippen LogP contribution in [0.25, 0.3) is 0 Å². The fourth-order valence-electron chi connectivity index (χ4n) is 2.39. The molecule has 0 saturated carbocycles. The lowest BCUT2D eigenvalue weighted by atomic mass is 9.96. The van der Waals surface area contributed by atoms with Gasteiger partial charge in [-0.05, 0) is 18.8 Å². The third-order valence-electron chi connectivity index (χ3n) is 4.66. The molecule has 0 aromatic heterocycles. The summed E-state index contributed by atoms with van der Waals surface area (Å²) in [6, 6.07) is -4.41. The van der Waals surface area contributed by atoms with E-state index in [4.69, 9.17) is 5.73 Å². The summed E-state index contributed by atoms with van der Waals surface area (Å²) in [6.45, 7) is 8.24. The molecular weight excluding hydrogens is 400 g/mol. The van der Waals surface area contributed by atoms with Crippen LogP contribution < -0.4 is 21.7 Å². The fourth-order valence-corrected chi connectivity index (χ4v) is 2.65. The lowest BCUT2D eigenvalue weighted by Crippen LogP contribution is -2.60. The van der Waals surface area contributed by atoms with Crippen LogP contribution in [-0.2, 0) is 19.2 Å². The first-order valence-corrected chi connectivity index (χ1v) is 10.2. The van der Waals surface area contributed by atoms with Gasteiger partial charge in [0.2, 0.25) is 17.7 Å². The fraction of sp³-hybridized carbons (Fsp3) is 0.778. The Kier molecular flexibility index (Phi) is 11.8. The first kappa shape index (κ1) is 27.1. The third kappa shape index (κ3) is 8.58. The van der Waals surface area contributed by atoms with Crippen molar-refractivity contribution in [3.05, 3.63) is 0 Å². The number of thiol groups is 1. The lowest BCUT2D eigenvalue weighted by molar-refractivity contribution is -0.144. The molecule has 168 valence electrons. The van der Waals surface area contributed by atoms with E-state index in [-0.39, 0.29) is 17.6 Å². The topological polar surface area (TPSA) is 171 Å². The maximum absolute atomic E-state index is 12.7. The molecule has 6 unspecified atom stereocenters. The summed E-state index contributed by atoms with van der Waals surface area (Å²) >= 11 is 4.05. The van der Waals surface area contributed by atoms with E-state index in [9.17, 15) is 29.4 Å². The maximum Gasteiger partial charge on any atom is 0.326 e. The molecule has 0 aromatic carbocycles. The number of carbonyl (C=O) groups excluding carboxylic acids is 3. The van der Waals surface area contributed by atoms with Gasteiger partial charge in [0.25, 0.3) is 0 Å². The summed E-state index contributed by atoms with van der Waals surface area (Å²) in [5.41, 5.74) is 5.56. The minimum absolute atomic E-state index is 0.0668. The largest absolute Gasteiger partial charge is 0.480 e. The highest BCUT2D eigenvalue weighted by atomic mass is 32.1. The molecule has 6 atom stereocenters. The number of nitrogens with two attached hydrogens (primary N) is 1. The van der Waals surface area contributed by atoms with Crippen LogP contribution in [0.2, 0.25) is 0 Å². The monoisotopic (exact) mass is 434 g/mol. The second kappa shape index (κ2) is 12.7. The van der Waals surface area contributed by atoms with E-state index >= 15 is 0 Å². The van der Waals surface area contributed by atoms with Gasteiger partial charge < -0.3 is 31.9 Å². The predicted molar refractivity (Wildman–Crippen MR) is 111 cm³/mol. The Morgan fingerprint density at radius 3 is 1.83 bits per heavy atom. The average molecular weight is 435 g/mol. The highest BCUT2D eigenvalue weighted by Crippen LogP contribution is 2.11. The molecule has 0 aliphatic heterocycles. The van der Waals surface area contributed by atoms with E-state index < -0.39 is 54.0 Å². The number of hydrogen-bond donors (Lipinski definition) is 7. The van der Waals surface area contributed by atoms with Crippen LogP contribution in [0.4, 0.5) is 0 Å². The molecule has 0 heterocycles. The van der Waals surface area contributed by atoms with E-state index in [2.05, 4.69) is 28.6 Å². The smallest absolute Gasteiger partial charge is 0.326 e.